The molecule has 3 heterocycles. The lowest BCUT2D eigenvalue weighted by atomic mass is 10.1. The number of piperidine rings is 1. The highest BCUT2D eigenvalue weighted by atomic mass is 19.1. The van der Waals surface area contributed by atoms with Gasteiger partial charge in [-0.15, -0.1) is 0 Å². The fourth-order valence-electron chi connectivity index (χ4n) is 3.76. The number of anilines is 3. The van der Waals surface area contributed by atoms with Crippen LogP contribution >= 0.6 is 0 Å². The number of benzene rings is 1. The number of hydrogen-bond acceptors (Lipinski definition) is 6. The number of pyridine rings is 1. The first kappa shape index (κ1) is 20.8. The molecule has 0 unspecified atom stereocenters. The molecule has 2 aromatic heterocycles. The Bertz CT molecular complexity index is 1060. The van der Waals surface area contributed by atoms with Crippen molar-refractivity contribution in [3.05, 3.63) is 65.9 Å². The average Bonchev–Trinajstić information content (AvgIpc) is 3.23. The molecule has 162 valence electrons. The summed E-state index contributed by atoms with van der Waals surface area (Å²) in [5.41, 5.74) is 7.59. The lowest BCUT2D eigenvalue weighted by Crippen LogP contribution is -2.31. The van der Waals surface area contributed by atoms with E-state index >= 15 is 0 Å². The van der Waals surface area contributed by atoms with Crippen LogP contribution in [-0.2, 0) is 6.54 Å². The second-order valence-corrected chi connectivity index (χ2v) is 7.79. The van der Waals surface area contributed by atoms with Gasteiger partial charge in [0.05, 0.1) is 29.8 Å². The van der Waals surface area contributed by atoms with E-state index in [1.807, 2.05) is 10.9 Å². The second-order valence-electron chi connectivity index (χ2n) is 7.79. The summed E-state index contributed by atoms with van der Waals surface area (Å²) in [6.45, 7) is 2.37. The lowest BCUT2D eigenvalue weighted by Gasteiger charge is -2.28. The number of primary amides is 1. The summed E-state index contributed by atoms with van der Waals surface area (Å²) in [7, 11) is 2.13. The number of halogens is 1. The predicted octanol–water partition coefficient (Wildman–Crippen LogP) is 3.14. The van der Waals surface area contributed by atoms with Crippen molar-refractivity contribution >= 4 is 23.1 Å². The van der Waals surface area contributed by atoms with E-state index in [2.05, 4.69) is 32.7 Å². The Morgan fingerprint density at radius 1 is 1.26 bits per heavy atom. The van der Waals surface area contributed by atoms with Gasteiger partial charge in [-0.1, -0.05) is 18.2 Å². The van der Waals surface area contributed by atoms with Crippen molar-refractivity contribution in [3.63, 3.8) is 0 Å². The maximum Gasteiger partial charge on any atom is 0.249 e. The van der Waals surface area contributed by atoms with E-state index in [0.29, 0.717) is 23.0 Å². The molecule has 0 spiro atoms. The van der Waals surface area contributed by atoms with Crippen molar-refractivity contribution < 1.29 is 9.18 Å². The van der Waals surface area contributed by atoms with Gasteiger partial charge in [-0.3, -0.25) is 9.48 Å². The SMILES string of the molecule is CN1CCC(n2cc(Nc3cc(NCc4ccccc4C(N)=O)c(F)cn3)cn2)CC1. The van der Waals surface area contributed by atoms with Crippen molar-refractivity contribution in [2.45, 2.75) is 25.4 Å². The zero-order chi connectivity index (χ0) is 21.8. The van der Waals surface area contributed by atoms with Crippen molar-refractivity contribution in [2.24, 2.45) is 5.73 Å². The zero-order valence-electron chi connectivity index (χ0n) is 17.4. The predicted molar refractivity (Wildman–Crippen MR) is 118 cm³/mol. The smallest absolute Gasteiger partial charge is 0.249 e. The highest BCUT2D eigenvalue weighted by Crippen LogP contribution is 2.25. The third-order valence-electron chi connectivity index (χ3n) is 5.54. The molecule has 1 fully saturated rings. The molecule has 1 aliphatic heterocycles. The van der Waals surface area contributed by atoms with E-state index in [9.17, 15) is 9.18 Å². The number of aromatic nitrogens is 3. The van der Waals surface area contributed by atoms with Crippen LogP contribution in [0, 0.1) is 5.82 Å². The normalized spacial score (nSPS) is 15.0. The maximum absolute atomic E-state index is 14.3. The van der Waals surface area contributed by atoms with E-state index < -0.39 is 11.7 Å². The van der Waals surface area contributed by atoms with E-state index in [1.165, 1.54) is 0 Å². The summed E-state index contributed by atoms with van der Waals surface area (Å²) < 4.78 is 16.3. The fraction of sp³-hybridized carbons (Fsp3) is 0.318. The Morgan fingerprint density at radius 2 is 2.03 bits per heavy atom. The van der Waals surface area contributed by atoms with Crippen molar-refractivity contribution in [3.8, 4) is 0 Å². The number of nitrogens with two attached hydrogens (primary N) is 1. The number of carbonyl (C=O) groups is 1. The van der Waals surface area contributed by atoms with Crippen LogP contribution < -0.4 is 16.4 Å². The molecule has 0 saturated carbocycles. The standard InChI is InChI=1S/C22H26FN7O/c1-29-8-6-17(7-9-29)30-14-16(12-27-30)28-21-10-20(19(23)13-26-21)25-11-15-4-2-3-5-18(15)22(24)31/h2-5,10,12-14,17H,6-9,11H2,1H3,(H2,24,31)(H2,25,26,28). The van der Waals surface area contributed by atoms with Gasteiger partial charge in [-0.25, -0.2) is 9.37 Å². The van der Waals surface area contributed by atoms with Crippen molar-refractivity contribution in [1.29, 1.82) is 0 Å². The highest BCUT2D eigenvalue weighted by Gasteiger charge is 2.19. The van der Waals surface area contributed by atoms with E-state index in [1.54, 1.807) is 36.5 Å². The second kappa shape index (κ2) is 9.13. The Balaban J connectivity index is 1.43. The minimum atomic E-state index is -0.517. The third kappa shape index (κ3) is 5.00. The highest BCUT2D eigenvalue weighted by molar-refractivity contribution is 5.94. The molecular weight excluding hydrogens is 397 g/mol. The van der Waals surface area contributed by atoms with E-state index in [0.717, 1.165) is 37.8 Å². The van der Waals surface area contributed by atoms with Crippen LogP contribution in [0.1, 0.15) is 34.8 Å². The Labute approximate surface area is 180 Å². The van der Waals surface area contributed by atoms with Gasteiger partial charge in [-0.05, 0) is 44.6 Å². The molecule has 0 radical (unpaired) electrons. The fourth-order valence-corrected chi connectivity index (χ4v) is 3.76. The van der Waals surface area contributed by atoms with Gasteiger partial charge in [0.15, 0.2) is 5.82 Å². The van der Waals surface area contributed by atoms with Gasteiger partial charge in [0.2, 0.25) is 5.91 Å². The van der Waals surface area contributed by atoms with Crippen molar-refractivity contribution in [2.75, 3.05) is 30.8 Å². The van der Waals surface area contributed by atoms with Crippen LogP contribution in [0.15, 0.2) is 48.9 Å². The summed E-state index contributed by atoms with van der Waals surface area (Å²) >= 11 is 0. The maximum atomic E-state index is 14.3. The molecule has 4 N–H and O–H groups in total. The molecule has 4 rings (SSSR count). The average molecular weight is 423 g/mol. The molecule has 3 aromatic rings. The number of nitrogens with one attached hydrogen (secondary N) is 2. The van der Waals surface area contributed by atoms with Gasteiger partial charge < -0.3 is 21.3 Å². The first-order chi connectivity index (χ1) is 15.0. The molecule has 31 heavy (non-hydrogen) atoms. The first-order valence-electron chi connectivity index (χ1n) is 10.3. The molecule has 8 nitrogen and oxygen atoms in total. The molecule has 0 bridgehead atoms. The number of rotatable bonds is 7. The largest absolute Gasteiger partial charge is 0.378 e. The number of carbonyl (C=O) groups excluding carboxylic acids is 1. The van der Waals surface area contributed by atoms with Crippen molar-refractivity contribution in [1.82, 2.24) is 19.7 Å². The quantitative estimate of drug-likeness (QED) is 0.540. The molecule has 1 amide bonds. The molecule has 1 saturated heterocycles. The summed E-state index contributed by atoms with van der Waals surface area (Å²) in [6, 6.07) is 8.95. The van der Waals surface area contributed by atoms with Crippen LogP contribution in [0.2, 0.25) is 0 Å². The summed E-state index contributed by atoms with van der Waals surface area (Å²) in [6.07, 6.45) is 6.99. The Morgan fingerprint density at radius 3 is 2.81 bits per heavy atom. The van der Waals surface area contributed by atoms with Gasteiger partial charge in [0.1, 0.15) is 5.82 Å². The summed E-state index contributed by atoms with van der Waals surface area (Å²) in [5.74, 6) is -0.504. The molecule has 9 heteroatoms. The molecule has 1 aromatic carbocycles. The third-order valence-corrected chi connectivity index (χ3v) is 5.54. The molecule has 0 atom stereocenters. The minimum Gasteiger partial charge on any atom is -0.378 e. The Hall–Kier alpha value is -3.46. The topological polar surface area (TPSA) is 101 Å². The van der Waals surface area contributed by atoms with E-state index in [4.69, 9.17) is 5.73 Å². The monoisotopic (exact) mass is 423 g/mol. The molecular formula is C22H26FN7O. The van der Waals surface area contributed by atoms with Gasteiger partial charge >= 0.3 is 0 Å². The number of likely N-dealkylation sites (tertiary alicyclic amines) is 1. The van der Waals surface area contributed by atoms with Crippen LogP contribution in [-0.4, -0.2) is 45.7 Å². The minimum absolute atomic E-state index is 0.257. The first-order valence-corrected chi connectivity index (χ1v) is 10.3. The zero-order valence-corrected chi connectivity index (χ0v) is 17.4. The number of amides is 1. The number of hydrogen-bond donors (Lipinski definition) is 3. The number of nitrogens with zero attached hydrogens (tertiary/aromatic N) is 4. The Kier molecular flexibility index (Phi) is 6.13. The lowest BCUT2D eigenvalue weighted by molar-refractivity contribution is 0.0999. The van der Waals surface area contributed by atoms with Crippen LogP contribution in [0.3, 0.4) is 0 Å². The summed E-state index contributed by atoms with van der Waals surface area (Å²) in [4.78, 5) is 18.0. The molecule has 1 aliphatic rings. The van der Waals surface area contributed by atoms with E-state index in [-0.39, 0.29) is 12.2 Å². The van der Waals surface area contributed by atoms with Gasteiger partial charge in [0, 0.05) is 24.4 Å². The van der Waals surface area contributed by atoms with Crippen LogP contribution in [0.5, 0.6) is 0 Å². The molecule has 0 aliphatic carbocycles. The van der Waals surface area contributed by atoms with Crippen LogP contribution in [0.4, 0.5) is 21.6 Å². The summed E-state index contributed by atoms with van der Waals surface area (Å²) in [5, 5.41) is 10.7. The van der Waals surface area contributed by atoms with Gasteiger partial charge in [0.25, 0.3) is 0 Å². The van der Waals surface area contributed by atoms with Gasteiger partial charge in [-0.2, -0.15) is 5.10 Å². The van der Waals surface area contributed by atoms with Crippen LogP contribution in [0.25, 0.3) is 0 Å².